The number of carbonyl (C=O) groups excluding carboxylic acids is 1. The number of benzene rings is 2. The Balaban J connectivity index is 1.35. The van der Waals surface area contributed by atoms with Gasteiger partial charge in [0, 0.05) is 50.4 Å². The van der Waals surface area contributed by atoms with Crippen molar-refractivity contribution in [3.63, 3.8) is 0 Å². The smallest absolute Gasteiger partial charge is 0.255 e. The van der Waals surface area contributed by atoms with Gasteiger partial charge < -0.3 is 19.7 Å². The number of halogens is 2. The van der Waals surface area contributed by atoms with Crippen LogP contribution in [0.15, 0.2) is 54.7 Å². The average Bonchev–Trinajstić information content (AvgIpc) is 3.09. The van der Waals surface area contributed by atoms with Gasteiger partial charge >= 0.3 is 0 Å². The normalized spacial score (nSPS) is 14.3. The van der Waals surface area contributed by atoms with Gasteiger partial charge in [-0.2, -0.15) is 0 Å². The van der Waals surface area contributed by atoms with Gasteiger partial charge in [0.25, 0.3) is 5.91 Å². The van der Waals surface area contributed by atoms with Crippen LogP contribution in [0.4, 0.5) is 20.3 Å². The van der Waals surface area contributed by atoms with E-state index in [9.17, 15) is 13.6 Å². The van der Waals surface area contributed by atoms with Crippen LogP contribution in [-0.2, 0) is 6.54 Å². The maximum absolute atomic E-state index is 13.4. The Morgan fingerprint density at radius 3 is 2.29 bits per heavy atom. The minimum Gasteiger partial charge on any atom is -0.497 e. The van der Waals surface area contributed by atoms with Crippen molar-refractivity contribution in [2.75, 3.05) is 50.6 Å². The standard InChI is InChI=1S/C26H28F2N4O3/c1-34-23-10-18(11-24(15-23)35-2)17-31-6-3-7-32(9-8-31)25-5-4-22(16-29-25)30-26(33)19-12-20(27)14-21(28)13-19/h4-5,10-16H,3,6-9,17H2,1-2H3,(H,30,33). The predicted octanol–water partition coefficient (Wildman–Crippen LogP) is 4.34. The lowest BCUT2D eigenvalue weighted by molar-refractivity contribution is 0.102. The maximum atomic E-state index is 13.4. The Kier molecular flexibility index (Phi) is 7.77. The minimum absolute atomic E-state index is 0.0900. The van der Waals surface area contributed by atoms with E-state index in [4.69, 9.17) is 9.47 Å². The van der Waals surface area contributed by atoms with Crippen molar-refractivity contribution in [1.82, 2.24) is 9.88 Å². The van der Waals surface area contributed by atoms with Gasteiger partial charge in [0.1, 0.15) is 29.0 Å². The van der Waals surface area contributed by atoms with Crippen LogP contribution in [0.5, 0.6) is 11.5 Å². The van der Waals surface area contributed by atoms with Crippen molar-refractivity contribution in [3.05, 3.63) is 77.5 Å². The number of nitrogens with one attached hydrogen (secondary N) is 1. The molecule has 0 atom stereocenters. The zero-order valence-corrected chi connectivity index (χ0v) is 19.8. The van der Waals surface area contributed by atoms with Crippen LogP contribution in [0.2, 0.25) is 0 Å². The van der Waals surface area contributed by atoms with Crippen molar-refractivity contribution in [2.45, 2.75) is 13.0 Å². The first kappa shape index (κ1) is 24.4. The van der Waals surface area contributed by atoms with E-state index in [1.165, 1.54) is 0 Å². The number of pyridine rings is 1. The number of hydrogen-bond acceptors (Lipinski definition) is 6. The van der Waals surface area contributed by atoms with Crippen molar-refractivity contribution in [2.24, 2.45) is 0 Å². The Hall–Kier alpha value is -3.72. The molecule has 35 heavy (non-hydrogen) atoms. The first-order valence-corrected chi connectivity index (χ1v) is 11.4. The van der Waals surface area contributed by atoms with Crippen molar-refractivity contribution < 1.29 is 23.0 Å². The third kappa shape index (κ3) is 6.45. The third-order valence-electron chi connectivity index (χ3n) is 5.86. The summed E-state index contributed by atoms with van der Waals surface area (Å²) in [5.74, 6) is 0.153. The fourth-order valence-electron chi connectivity index (χ4n) is 4.11. The van der Waals surface area contributed by atoms with Crippen molar-refractivity contribution >= 4 is 17.4 Å². The van der Waals surface area contributed by atoms with Crippen molar-refractivity contribution in [1.29, 1.82) is 0 Å². The molecule has 4 rings (SSSR count). The highest BCUT2D eigenvalue weighted by Crippen LogP contribution is 2.24. The summed E-state index contributed by atoms with van der Waals surface area (Å²) in [7, 11) is 3.29. The zero-order valence-electron chi connectivity index (χ0n) is 19.8. The van der Waals surface area contributed by atoms with E-state index in [0.29, 0.717) is 5.69 Å². The molecule has 1 aliphatic heterocycles. The molecule has 0 radical (unpaired) electrons. The molecule has 1 aliphatic rings. The predicted molar refractivity (Wildman–Crippen MR) is 130 cm³/mol. The summed E-state index contributed by atoms with van der Waals surface area (Å²) in [5.41, 5.74) is 1.49. The average molecular weight is 483 g/mol. The molecule has 1 fully saturated rings. The number of ether oxygens (including phenoxy) is 2. The molecule has 1 saturated heterocycles. The topological polar surface area (TPSA) is 66.9 Å². The Bertz CT molecular complexity index is 1130. The number of methoxy groups -OCH3 is 2. The van der Waals surface area contributed by atoms with Gasteiger partial charge in [0.2, 0.25) is 0 Å². The molecule has 2 aromatic carbocycles. The van der Waals surface area contributed by atoms with Crippen molar-refractivity contribution in [3.8, 4) is 11.5 Å². The highest BCUT2D eigenvalue weighted by Gasteiger charge is 2.17. The van der Waals surface area contributed by atoms with Gasteiger partial charge in [-0.25, -0.2) is 13.8 Å². The Morgan fingerprint density at radius 1 is 0.943 bits per heavy atom. The Labute approximate surface area is 203 Å². The first-order valence-electron chi connectivity index (χ1n) is 11.4. The molecule has 0 saturated carbocycles. The van der Waals surface area contributed by atoms with E-state index in [2.05, 4.69) is 20.1 Å². The largest absolute Gasteiger partial charge is 0.497 e. The Morgan fingerprint density at radius 2 is 1.66 bits per heavy atom. The summed E-state index contributed by atoms with van der Waals surface area (Å²) in [5, 5.41) is 2.63. The second kappa shape index (κ2) is 11.1. The highest BCUT2D eigenvalue weighted by atomic mass is 19.1. The van der Waals surface area contributed by atoms with E-state index in [1.54, 1.807) is 26.5 Å². The lowest BCUT2D eigenvalue weighted by Crippen LogP contribution is -2.31. The number of aromatic nitrogens is 1. The lowest BCUT2D eigenvalue weighted by atomic mass is 10.2. The fraction of sp³-hybridized carbons (Fsp3) is 0.308. The van der Waals surface area contributed by atoms with Crippen LogP contribution in [-0.4, -0.2) is 56.2 Å². The van der Waals surface area contributed by atoms with Gasteiger partial charge in [-0.1, -0.05) is 0 Å². The van der Waals surface area contributed by atoms with E-state index in [1.807, 2.05) is 24.3 Å². The molecule has 0 spiro atoms. The molecule has 0 bridgehead atoms. The summed E-state index contributed by atoms with van der Waals surface area (Å²) in [6.45, 7) is 4.28. The maximum Gasteiger partial charge on any atom is 0.255 e. The molecule has 1 amide bonds. The zero-order chi connectivity index (χ0) is 24.8. The quantitative estimate of drug-likeness (QED) is 0.541. The molecule has 0 aliphatic carbocycles. The number of carbonyl (C=O) groups is 1. The molecular weight excluding hydrogens is 454 g/mol. The number of nitrogens with zero attached hydrogens (tertiary/aromatic N) is 3. The van der Waals surface area contributed by atoms with E-state index in [-0.39, 0.29) is 5.56 Å². The van der Waals surface area contributed by atoms with Crippen LogP contribution in [0, 0.1) is 11.6 Å². The molecule has 1 N–H and O–H groups in total. The molecule has 9 heteroatoms. The van der Waals surface area contributed by atoms with Gasteiger partial charge in [0.15, 0.2) is 0 Å². The molecule has 7 nitrogen and oxygen atoms in total. The molecular formula is C26H28F2N4O3. The van der Waals surface area contributed by atoms with Crippen LogP contribution >= 0.6 is 0 Å². The summed E-state index contributed by atoms with van der Waals surface area (Å²) in [6.07, 6.45) is 2.53. The summed E-state index contributed by atoms with van der Waals surface area (Å²) in [6, 6.07) is 12.2. The molecule has 0 unspecified atom stereocenters. The second-order valence-electron chi connectivity index (χ2n) is 8.35. The number of rotatable bonds is 7. The van der Waals surface area contributed by atoms with Gasteiger partial charge in [-0.05, 0) is 48.4 Å². The fourth-order valence-corrected chi connectivity index (χ4v) is 4.11. The SMILES string of the molecule is COc1cc(CN2CCCN(c3ccc(NC(=O)c4cc(F)cc(F)c4)cn3)CC2)cc(OC)c1. The number of amides is 1. The molecule has 2 heterocycles. The molecule has 3 aromatic rings. The van der Waals surface area contributed by atoms with Gasteiger partial charge in [-0.15, -0.1) is 0 Å². The summed E-state index contributed by atoms with van der Waals surface area (Å²) >= 11 is 0. The van der Waals surface area contributed by atoms with E-state index >= 15 is 0 Å². The molecule has 1 aromatic heterocycles. The van der Waals surface area contributed by atoms with E-state index in [0.717, 1.165) is 80.2 Å². The number of hydrogen-bond donors (Lipinski definition) is 1. The lowest BCUT2D eigenvalue weighted by Gasteiger charge is -2.23. The minimum atomic E-state index is -0.802. The van der Waals surface area contributed by atoms with Crippen LogP contribution in [0.1, 0.15) is 22.3 Å². The highest BCUT2D eigenvalue weighted by molar-refractivity contribution is 6.04. The third-order valence-corrected chi connectivity index (χ3v) is 5.86. The first-order chi connectivity index (χ1) is 16.9. The summed E-state index contributed by atoms with van der Waals surface area (Å²) in [4.78, 5) is 21.4. The van der Waals surface area contributed by atoms with E-state index < -0.39 is 17.5 Å². The molecule has 184 valence electrons. The van der Waals surface area contributed by atoms with Crippen LogP contribution < -0.4 is 19.7 Å². The van der Waals surface area contributed by atoms with Gasteiger partial charge in [-0.3, -0.25) is 9.69 Å². The van der Waals surface area contributed by atoms with Crippen LogP contribution in [0.3, 0.4) is 0 Å². The van der Waals surface area contributed by atoms with Gasteiger partial charge in [0.05, 0.1) is 26.1 Å². The van der Waals surface area contributed by atoms with Crippen LogP contribution in [0.25, 0.3) is 0 Å². The summed E-state index contributed by atoms with van der Waals surface area (Å²) < 4.78 is 37.5. The second-order valence-corrected chi connectivity index (χ2v) is 8.35. The number of anilines is 2. The monoisotopic (exact) mass is 482 g/mol.